The topological polar surface area (TPSA) is 57.6 Å². The Balaban J connectivity index is 2.48. The van der Waals surface area contributed by atoms with Gasteiger partial charge in [0, 0.05) is 16.8 Å². The lowest BCUT2D eigenvalue weighted by Crippen LogP contribution is -2.34. The second-order valence-electron chi connectivity index (χ2n) is 3.99. The molecule has 1 heterocycles. The first kappa shape index (κ1) is 13.3. The molecule has 1 N–H and O–H groups in total. The third-order valence-electron chi connectivity index (χ3n) is 2.87. The predicted octanol–water partition coefficient (Wildman–Crippen LogP) is 3.31. The molecule has 4 nitrogen and oxygen atoms in total. The summed E-state index contributed by atoms with van der Waals surface area (Å²) in [5.74, 6) is 0. The second-order valence-corrected chi connectivity index (χ2v) is 4.90. The van der Waals surface area contributed by atoms with Gasteiger partial charge in [-0.2, -0.15) is 0 Å². The Morgan fingerprint density at radius 3 is 2.84 bits per heavy atom. The first-order chi connectivity index (χ1) is 9.19. The molecule has 2 rings (SSSR count). The maximum Gasteiger partial charge on any atom is 0.408 e. The maximum absolute atomic E-state index is 11.3. The molecule has 0 bridgehead atoms. The monoisotopic (exact) mass is 275 g/mol. The average Bonchev–Trinajstić information content (AvgIpc) is 2.83. The third-order valence-corrected chi connectivity index (χ3v) is 3.85. The van der Waals surface area contributed by atoms with E-state index in [-0.39, 0.29) is 6.54 Å². The van der Waals surface area contributed by atoms with Crippen LogP contribution in [0.4, 0.5) is 4.79 Å². The molecule has 0 saturated heterocycles. The predicted molar refractivity (Wildman–Crippen MR) is 75.6 cm³/mol. The van der Waals surface area contributed by atoms with Gasteiger partial charge in [0.1, 0.15) is 12.3 Å². The molecular weight excluding hydrogens is 262 g/mol. The molecule has 0 spiro atoms. The Labute approximate surface area is 114 Å². The number of carboxylic acid groups (broad SMARTS) is 1. The zero-order valence-corrected chi connectivity index (χ0v) is 11.0. The molecule has 1 unspecified atom stereocenters. The lowest BCUT2D eigenvalue weighted by molar-refractivity contribution is -0.111. The Kier molecular flexibility index (Phi) is 3.97. The molecule has 19 heavy (non-hydrogen) atoms. The van der Waals surface area contributed by atoms with Crippen molar-refractivity contribution in [2.24, 2.45) is 0 Å². The van der Waals surface area contributed by atoms with E-state index in [1.54, 1.807) is 0 Å². The van der Waals surface area contributed by atoms with Crippen LogP contribution in [-0.2, 0) is 4.79 Å². The lowest BCUT2D eigenvalue weighted by Gasteiger charge is -2.23. The standard InChI is InChI=1S/C14H13NO3S/c1-2-7-15(14(17)18)12(8-16)11-9-19-13-6-4-3-5-10(11)13/h2-6,8-9,12H,1,7H2,(H,17,18). The highest BCUT2D eigenvalue weighted by atomic mass is 32.1. The van der Waals surface area contributed by atoms with Crippen LogP contribution in [-0.4, -0.2) is 28.9 Å². The molecule has 0 aliphatic heterocycles. The second kappa shape index (κ2) is 5.67. The highest BCUT2D eigenvalue weighted by Gasteiger charge is 2.25. The van der Waals surface area contributed by atoms with Crippen molar-refractivity contribution in [1.82, 2.24) is 4.90 Å². The smallest absolute Gasteiger partial charge is 0.408 e. The van der Waals surface area contributed by atoms with E-state index in [0.29, 0.717) is 6.29 Å². The highest BCUT2D eigenvalue weighted by molar-refractivity contribution is 7.17. The van der Waals surface area contributed by atoms with Crippen LogP contribution in [0, 0.1) is 0 Å². The SMILES string of the molecule is C=CCN(C(=O)O)C(C=O)c1csc2ccccc12. The fourth-order valence-corrected chi connectivity index (χ4v) is 2.98. The summed E-state index contributed by atoms with van der Waals surface area (Å²) in [6, 6.07) is 6.83. The van der Waals surface area contributed by atoms with Crippen molar-refractivity contribution in [3.8, 4) is 0 Å². The van der Waals surface area contributed by atoms with E-state index in [0.717, 1.165) is 20.5 Å². The molecule has 2 aromatic rings. The molecule has 1 aromatic heterocycles. The van der Waals surface area contributed by atoms with Crippen LogP contribution >= 0.6 is 11.3 Å². The molecular formula is C14H13NO3S. The summed E-state index contributed by atoms with van der Waals surface area (Å²) in [7, 11) is 0. The number of benzene rings is 1. The van der Waals surface area contributed by atoms with Crippen molar-refractivity contribution in [1.29, 1.82) is 0 Å². The Morgan fingerprint density at radius 2 is 2.21 bits per heavy atom. The summed E-state index contributed by atoms with van der Waals surface area (Å²) in [6.07, 6.45) is 0.998. The maximum atomic E-state index is 11.3. The Bertz CT molecular complexity index is 620. The van der Waals surface area contributed by atoms with E-state index >= 15 is 0 Å². The van der Waals surface area contributed by atoms with Gasteiger partial charge in [-0.25, -0.2) is 4.79 Å². The molecule has 0 radical (unpaired) electrons. The van der Waals surface area contributed by atoms with Gasteiger partial charge in [-0.1, -0.05) is 24.3 Å². The van der Waals surface area contributed by atoms with Gasteiger partial charge in [0.15, 0.2) is 0 Å². The zero-order chi connectivity index (χ0) is 13.8. The minimum atomic E-state index is -1.13. The van der Waals surface area contributed by atoms with Crippen molar-refractivity contribution >= 4 is 33.8 Å². The van der Waals surface area contributed by atoms with Gasteiger partial charge in [0.05, 0.1) is 0 Å². The summed E-state index contributed by atoms with van der Waals surface area (Å²) in [5.41, 5.74) is 0.722. The van der Waals surface area contributed by atoms with Crippen molar-refractivity contribution in [3.63, 3.8) is 0 Å². The molecule has 5 heteroatoms. The number of hydrogen-bond acceptors (Lipinski definition) is 3. The first-order valence-corrected chi connectivity index (χ1v) is 6.59. The number of thiophene rings is 1. The van der Waals surface area contributed by atoms with E-state index in [1.165, 1.54) is 17.4 Å². The molecule has 1 amide bonds. The highest BCUT2D eigenvalue weighted by Crippen LogP contribution is 2.32. The number of carbonyl (C=O) groups is 2. The first-order valence-electron chi connectivity index (χ1n) is 5.71. The van der Waals surface area contributed by atoms with Crippen LogP contribution in [0.1, 0.15) is 11.6 Å². The number of carbonyl (C=O) groups excluding carboxylic acids is 1. The molecule has 0 aliphatic rings. The zero-order valence-electron chi connectivity index (χ0n) is 10.2. The summed E-state index contributed by atoms with van der Waals surface area (Å²) in [6.45, 7) is 3.64. The van der Waals surface area contributed by atoms with Crippen molar-refractivity contribution in [3.05, 3.63) is 47.9 Å². The van der Waals surface area contributed by atoms with Crippen molar-refractivity contribution in [2.75, 3.05) is 6.54 Å². The van der Waals surface area contributed by atoms with Gasteiger partial charge >= 0.3 is 6.09 Å². The molecule has 1 aromatic carbocycles. The van der Waals surface area contributed by atoms with E-state index in [4.69, 9.17) is 0 Å². The quantitative estimate of drug-likeness (QED) is 0.672. The van der Waals surface area contributed by atoms with Crippen LogP contribution in [0.3, 0.4) is 0 Å². The van der Waals surface area contributed by atoms with Crippen molar-refractivity contribution in [2.45, 2.75) is 6.04 Å². The third kappa shape index (κ3) is 2.51. The lowest BCUT2D eigenvalue weighted by atomic mass is 10.1. The van der Waals surface area contributed by atoms with Gasteiger partial charge in [-0.3, -0.25) is 4.90 Å². The fourth-order valence-electron chi connectivity index (χ4n) is 1.99. The summed E-state index contributed by atoms with van der Waals surface area (Å²) < 4.78 is 1.04. The molecule has 98 valence electrons. The van der Waals surface area contributed by atoms with Gasteiger partial charge in [0.2, 0.25) is 0 Å². The number of fused-ring (bicyclic) bond motifs is 1. The number of aldehydes is 1. The van der Waals surface area contributed by atoms with Crippen molar-refractivity contribution < 1.29 is 14.7 Å². The minimum Gasteiger partial charge on any atom is -0.465 e. The number of hydrogen-bond donors (Lipinski definition) is 1. The average molecular weight is 275 g/mol. The van der Waals surface area contributed by atoms with Crippen LogP contribution < -0.4 is 0 Å². The normalized spacial score (nSPS) is 12.0. The Hall–Kier alpha value is -2.14. The minimum absolute atomic E-state index is 0.114. The van der Waals surface area contributed by atoms with Crippen LogP contribution in [0.5, 0.6) is 0 Å². The molecule has 0 aliphatic carbocycles. The number of nitrogens with zero attached hydrogens (tertiary/aromatic N) is 1. The van der Waals surface area contributed by atoms with E-state index in [9.17, 15) is 14.7 Å². The number of amides is 1. The van der Waals surface area contributed by atoms with Gasteiger partial charge < -0.3 is 9.90 Å². The molecule has 1 atom stereocenters. The van der Waals surface area contributed by atoms with Gasteiger partial charge in [0.25, 0.3) is 0 Å². The van der Waals surface area contributed by atoms with Gasteiger partial charge in [-0.15, -0.1) is 17.9 Å². The summed E-state index contributed by atoms with van der Waals surface area (Å²) in [5, 5.41) is 12.0. The van der Waals surface area contributed by atoms with Crippen LogP contribution in [0.15, 0.2) is 42.3 Å². The van der Waals surface area contributed by atoms with E-state index < -0.39 is 12.1 Å². The summed E-state index contributed by atoms with van der Waals surface area (Å²) in [4.78, 5) is 23.7. The van der Waals surface area contributed by atoms with Gasteiger partial charge in [-0.05, 0) is 16.8 Å². The van der Waals surface area contributed by atoms with E-state index in [1.807, 2.05) is 29.6 Å². The van der Waals surface area contributed by atoms with Crippen LogP contribution in [0.25, 0.3) is 10.1 Å². The largest absolute Gasteiger partial charge is 0.465 e. The molecule has 0 saturated carbocycles. The van der Waals surface area contributed by atoms with E-state index in [2.05, 4.69) is 6.58 Å². The molecule has 0 fully saturated rings. The number of rotatable bonds is 5. The Morgan fingerprint density at radius 1 is 1.47 bits per heavy atom. The summed E-state index contributed by atoms with van der Waals surface area (Å²) >= 11 is 1.50. The van der Waals surface area contributed by atoms with Crippen LogP contribution in [0.2, 0.25) is 0 Å². The fraction of sp³-hybridized carbons (Fsp3) is 0.143.